The quantitative estimate of drug-likeness (QED) is 0.766. The maximum Gasteiger partial charge on any atom is 0.277 e. The van der Waals surface area contributed by atoms with Gasteiger partial charge >= 0.3 is 0 Å². The molecule has 0 aliphatic heterocycles. The van der Waals surface area contributed by atoms with E-state index in [0.29, 0.717) is 11.5 Å². The first kappa shape index (κ1) is 15.0. The van der Waals surface area contributed by atoms with E-state index in [2.05, 4.69) is 38.5 Å². The third kappa shape index (κ3) is 2.94. The molecule has 0 spiro atoms. The van der Waals surface area contributed by atoms with Gasteiger partial charge in [0.25, 0.3) is 5.91 Å². The number of carbonyl (C=O) groups excluding carboxylic acids is 1. The van der Waals surface area contributed by atoms with E-state index in [1.54, 1.807) is 17.5 Å². The molecular weight excluding hydrogens is 322 g/mol. The van der Waals surface area contributed by atoms with Crippen LogP contribution in [-0.2, 0) is 12.8 Å². The summed E-state index contributed by atoms with van der Waals surface area (Å²) in [5, 5.41) is 9.89. The lowest BCUT2D eigenvalue weighted by Gasteiger charge is -2.13. The molecule has 7 heteroatoms. The monoisotopic (exact) mass is 339 g/mol. The topological polar surface area (TPSA) is 83.6 Å². The Balaban J connectivity index is 1.51. The number of rotatable bonds is 3. The highest BCUT2D eigenvalue weighted by atomic mass is 32.1. The van der Waals surface area contributed by atoms with Crippen molar-refractivity contribution in [3.05, 3.63) is 46.4 Å². The van der Waals surface area contributed by atoms with E-state index < -0.39 is 0 Å². The van der Waals surface area contributed by atoms with E-state index >= 15 is 0 Å². The Labute approximate surface area is 143 Å². The zero-order valence-corrected chi connectivity index (χ0v) is 14.1. The number of amides is 1. The molecule has 6 nitrogen and oxygen atoms in total. The molecule has 3 heterocycles. The summed E-state index contributed by atoms with van der Waals surface area (Å²) < 4.78 is 0. The average molecular weight is 339 g/mol. The molecule has 2 N–H and O–H groups in total. The fourth-order valence-corrected chi connectivity index (χ4v) is 3.66. The number of H-pyrrole nitrogens is 1. The molecule has 0 atom stereocenters. The van der Waals surface area contributed by atoms with Gasteiger partial charge in [-0.25, -0.2) is 4.98 Å². The molecule has 24 heavy (non-hydrogen) atoms. The van der Waals surface area contributed by atoms with Crippen LogP contribution in [0, 0.1) is 6.92 Å². The highest BCUT2D eigenvalue weighted by molar-refractivity contribution is 7.15. The minimum absolute atomic E-state index is 0.281. The van der Waals surface area contributed by atoms with Crippen molar-refractivity contribution in [1.82, 2.24) is 20.2 Å². The molecule has 4 rings (SSSR count). The highest BCUT2D eigenvalue weighted by Crippen LogP contribution is 2.27. The molecule has 1 amide bonds. The van der Waals surface area contributed by atoms with Crippen molar-refractivity contribution in [3.8, 4) is 10.6 Å². The Morgan fingerprint density at radius 2 is 2.08 bits per heavy atom. The van der Waals surface area contributed by atoms with Crippen LogP contribution in [0.25, 0.3) is 10.6 Å². The lowest BCUT2D eigenvalue weighted by atomic mass is 10.0. The summed E-state index contributed by atoms with van der Waals surface area (Å²) in [6.07, 6.45) is 5.65. The standard InChI is InChI=1S/C17H17N5OS/c1-10-6-7-15(24-10)13-8-16(22-21-13)20-17(23)14-9-18-11-4-2-3-5-12(11)19-14/h6-9H,2-5H2,1H3,(H2,20,21,22,23). The summed E-state index contributed by atoms with van der Waals surface area (Å²) in [6.45, 7) is 2.06. The zero-order chi connectivity index (χ0) is 16.5. The van der Waals surface area contributed by atoms with Crippen LogP contribution in [0.3, 0.4) is 0 Å². The van der Waals surface area contributed by atoms with E-state index in [4.69, 9.17) is 0 Å². The van der Waals surface area contributed by atoms with Crippen molar-refractivity contribution in [2.24, 2.45) is 0 Å². The normalized spacial score (nSPS) is 13.5. The zero-order valence-electron chi connectivity index (χ0n) is 13.3. The van der Waals surface area contributed by atoms with Gasteiger partial charge in [0.1, 0.15) is 5.69 Å². The van der Waals surface area contributed by atoms with Crippen molar-refractivity contribution in [2.75, 3.05) is 5.32 Å². The van der Waals surface area contributed by atoms with Gasteiger partial charge in [-0.1, -0.05) is 0 Å². The van der Waals surface area contributed by atoms with Crippen LogP contribution in [0.5, 0.6) is 0 Å². The molecule has 0 unspecified atom stereocenters. The third-order valence-electron chi connectivity index (χ3n) is 4.07. The van der Waals surface area contributed by atoms with Gasteiger partial charge in [-0.05, 0) is 44.7 Å². The van der Waals surface area contributed by atoms with E-state index in [9.17, 15) is 4.79 Å². The van der Waals surface area contributed by atoms with Crippen molar-refractivity contribution in [3.63, 3.8) is 0 Å². The van der Waals surface area contributed by atoms with Gasteiger partial charge in [-0.15, -0.1) is 11.3 Å². The molecule has 1 aliphatic carbocycles. The maximum absolute atomic E-state index is 12.4. The predicted molar refractivity (Wildman–Crippen MR) is 93.3 cm³/mol. The van der Waals surface area contributed by atoms with Gasteiger partial charge in [0.2, 0.25) is 0 Å². The molecule has 0 saturated heterocycles. The van der Waals surface area contributed by atoms with Crippen molar-refractivity contribution in [1.29, 1.82) is 0 Å². The molecule has 0 saturated carbocycles. The lowest BCUT2D eigenvalue weighted by Crippen LogP contribution is -2.17. The van der Waals surface area contributed by atoms with Crippen molar-refractivity contribution >= 4 is 23.1 Å². The van der Waals surface area contributed by atoms with Crippen LogP contribution in [0.2, 0.25) is 0 Å². The van der Waals surface area contributed by atoms with Gasteiger partial charge in [0.15, 0.2) is 5.82 Å². The van der Waals surface area contributed by atoms with Crippen LogP contribution < -0.4 is 5.32 Å². The summed E-state index contributed by atoms with van der Waals surface area (Å²) in [5.41, 5.74) is 3.20. The van der Waals surface area contributed by atoms with E-state index in [-0.39, 0.29) is 5.91 Å². The Hall–Kier alpha value is -2.54. The molecule has 122 valence electrons. The molecule has 0 bridgehead atoms. The molecular formula is C17H17N5OS. The van der Waals surface area contributed by atoms with Crippen molar-refractivity contribution < 1.29 is 4.79 Å². The summed E-state index contributed by atoms with van der Waals surface area (Å²) in [5.74, 6) is 0.205. The Morgan fingerprint density at radius 3 is 2.88 bits per heavy atom. The second-order valence-corrected chi connectivity index (χ2v) is 7.17. The highest BCUT2D eigenvalue weighted by Gasteiger charge is 2.17. The van der Waals surface area contributed by atoms with Crippen LogP contribution in [0.4, 0.5) is 5.82 Å². The SMILES string of the molecule is Cc1ccc(-c2cc(NC(=O)c3cnc4c(n3)CCCC4)n[nH]2)s1. The van der Waals surface area contributed by atoms with Crippen molar-refractivity contribution in [2.45, 2.75) is 32.6 Å². The summed E-state index contributed by atoms with van der Waals surface area (Å²) in [4.78, 5) is 23.6. The van der Waals surface area contributed by atoms with Gasteiger partial charge < -0.3 is 5.32 Å². The number of carbonyl (C=O) groups is 1. The minimum atomic E-state index is -0.281. The number of aromatic amines is 1. The van der Waals surface area contributed by atoms with Crippen LogP contribution in [0.15, 0.2) is 24.4 Å². The first-order valence-electron chi connectivity index (χ1n) is 7.97. The minimum Gasteiger partial charge on any atom is -0.304 e. The average Bonchev–Trinajstić information content (AvgIpc) is 3.23. The van der Waals surface area contributed by atoms with Gasteiger partial charge in [-0.3, -0.25) is 14.9 Å². The maximum atomic E-state index is 12.4. The summed E-state index contributed by atoms with van der Waals surface area (Å²) in [6, 6.07) is 5.92. The third-order valence-corrected chi connectivity index (χ3v) is 5.10. The second kappa shape index (κ2) is 6.16. The smallest absolute Gasteiger partial charge is 0.277 e. The Bertz CT molecular complexity index is 898. The van der Waals surface area contributed by atoms with Crippen LogP contribution in [0.1, 0.15) is 39.6 Å². The fourth-order valence-electron chi connectivity index (χ4n) is 2.83. The van der Waals surface area contributed by atoms with E-state index in [1.165, 1.54) is 4.88 Å². The largest absolute Gasteiger partial charge is 0.304 e. The molecule has 0 radical (unpaired) electrons. The number of anilines is 1. The number of aryl methyl sites for hydroxylation is 3. The number of fused-ring (bicyclic) bond motifs is 1. The van der Waals surface area contributed by atoms with E-state index in [0.717, 1.165) is 47.6 Å². The molecule has 1 aliphatic rings. The fraction of sp³-hybridized carbons (Fsp3) is 0.294. The first-order chi connectivity index (χ1) is 11.7. The number of thiophene rings is 1. The molecule has 0 aromatic carbocycles. The Morgan fingerprint density at radius 1 is 1.25 bits per heavy atom. The van der Waals surface area contributed by atoms with E-state index in [1.807, 2.05) is 12.1 Å². The molecule has 3 aromatic heterocycles. The molecule has 0 fully saturated rings. The predicted octanol–water partition coefficient (Wildman–Crippen LogP) is 3.37. The number of nitrogens with one attached hydrogen (secondary N) is 2. The number of nitrogens with zero attached hydrogens (tertiary/aromatic N) is 3. The number of aromatic nitrogens is 4. The lowest BCUT2D eigenvalue weighted by molar-refractivity contribution is 0.102. The van der Waals surface area contributed by atoms with Crippen LogP contribution in [-0.4, -0.2) is 26.1 Å². The summed E-state index contributed by atoms with van der Waals surface area (Å²) in [7, 11) is 0. The van der Waals surface area contributed by atoms with Crippen LogP contribution >= 0.6 is 11.3 Å². The first-order valence-corrected chi connectivity index (χ1v) is 8.79. The van der Waals surface area contributed by atoms with Gasteiger partial charge in [0, 0.05) is 10.9 Å². The number of hydrogen-bond donors (Lipinski definition) is 2. The summed E-state index contributed by atoms with van der Waals surface area (Å²) >= 11 is 1.68. The Kier molecular flexibility index (Phi) is 3.86. The number of hydrogen-bond acceptors (Lipinski definition) is 5. The van der Waals surface area contributed by atoms with Gasteiger partial charge in [-0.2, -0.15) is 5.10 Å². The van der Waals surface area contributed by atoms with Gasteiger partial charge in [0.05, 0.1) is 28.2 Å². The second-order valence-electron chi connectivity index (χ2n) is 5.89. The molecule has 3 aromatic rings.